The Hall–Kier alpha value is -2.52. The van der Waals surface area contributed by atoms with Crippen molar-refractivity contribution in [1.82, 2.24) is 10.6 Å². The number of halogens is 1. The van der Waals surface area contributed by atoms with Gasteiger partial charge in [0.2, 0.25) is 0 Å². The van der Waals surface area contributed by atoms with Crippen LogP contribution < -0.4 is 10.6 Å². The Balaban J connectivity index is 1.91. The lowest BCUT2D eigenvalue weighted by molar-refractivity contribution is -0.384. The minimum absolute atomic E-state index is 0.0186. The molecule has 1 saturated heterocycles. The number of amides is 1. The predicted octanol–water partition coefficient (Wildman–Crippen LogP) is 2.96. The second-order valence-electron chi connectivity index (χ2n) is 4.59. The van der Waals surface area contributed by atoms with Crippen molar-refractivity contribution < 1.29 is 14.1 Å². The summed E-state index contributed by atoms with van der Waals surface area (Å²) in [5.41, 5.74) is 0.938. The first-order valence-corrected chi connectivity index (χ1v) is 7.52. The van der Waals surface area contributed by atoms with Crippen LogP contribution in [0.15, 0.2) is 44.9 Å². The summed E-state index contributed by atoms with van der Waals surface area (Å²) in [6.07, 6.45) is 1.53. The number of non-ortho nitro benzene ring substituents is 1. The Labute approximate surface area is 143 Å². The lowest BCUT2D eigenvalue weighted by Gasteiger charge is -2.01. The highest BCUT2D eigenvalue weighted by Crippen LogP contribution is 2.32. The van der Waals surface area contributed by atoms with Crippen LogP contribution in [0.5, 0.6) is 0 Å². The van der Waals surface area contributed by atoms with Crippen LogP contribution >= 0.6 is 28.1 Å². The molecule has 1 aromatic carbocycles. The molecule has 2 heterocycles. The molecule has 0 aliphatic carbocycles. The predicted molar refractivity (Wildman–Crippen MR) is 90.4 cm³/mol. The Morgan fingerprint density at radius 2 is 2.04 bits per heavy atom. The topological polar surface area (TPSA) is 97.4 Å². The quantitative estimate of drug-likeness (QED) is 0.360. The van der Waals surface area contributed by atoms with Gasteiger partial charge in [0.25, 0.3) is 11.6 Å². The second-order valence-corrected chi connectivity index (χ2v) is 5.85. The second kappa shape index (κ2) is 5.94. The van der Waals surface area contributed by atoms with E-state index < -0.39 is 4.92 Å². The number of carbonyl (C=O) groups excluding carboxylic acids is 1. The number of nitro groups is 1. The van der Waals surface area contributed by atoms with Crippen LogP contribution in [0.2, 0.25) is 0 Å². The molecule has 0 atom stereocenters. The molecule has 2 aromatic rings. The number of thiocarbonyl (C=S) groups is 1. The zero-order chi connectivity index (χ0) is 16.6. The minimum Gasteiger partial charge on any atom is -0.457 e. The number of hydrogen-bond acceptors (Lipinski definition) is 5. The lowest BCUT2D eigenvalue weighted by Crippen LogP contribution is -2.21. The normalized spacial score (nSPS) is 15.6. The van der Waals surface area contributed by atoms with E-state index in [-0.39, 0.29) is 16.7 Å². The summed E-state index contributed by atoms with van der Waals surface area (Å²) in [5.74, 6) is 0.636. The molecule has 0 spiro atoms. The van der Waals surface area contributed by atoms with Crippen molar-refractivity contribution in [3.05, 3.63) is 56.4 Å². The van der Waals surface area contributed by atoms with Gasteiger partial charge >= 0.3 is 0 Å². The highest BCUT2D eigenvalue weighted by Gasteiger charge is 2.21. The first kappa shape index (κ1) is 15.4. The monoisotopic (exact) mass is 393 g/mol. The molecule has 1 amide bonds. The van der Waals surface area contributed by atoms with Gasteiger partial charge in [-0.3, -0.25) is 20.2 Å². The van der Waals surface area contributed by atoms with Crippen molar-refractivity contribution in [2.24, 2.45) is 0 Å². The van der Waals surface area contributed by atoms with Gasteiger partial charge in [-0.05, 0) is 46.3 Å². The molecule has 0 radical (unpaired) electrons. The summed E-state index contributed by atoms with van der Waals surface area (Å²) in [6, 6.07) is 7.79. The number of nitrogens with one attached hydrogen (secondary N) is 2. The van der Waals surface area contributed by atoms with Gasteiger partial charge in [-0.25, -0.2) is 0 Å². The SMILES string of the molecule is O=C1NC(=S)N/C1=C\c1ccc(-c2ccc([N+](=O)[O-])cc2Br)o1. The third-order valence-electron chi connectivity index (χ3n) is 3.06. The van der Waals surface area contributed by atoms with E-state index >= 15 is 0 Å². The van der Waals surface area contributed by atoms with Gasteiger partial charge < -0.3 is 9.73 Å². The van der Waals surface area contributed by atoms with Crippen LogP contribution in [0.25, 0.3) is 17.4 Å². The van der Waals surface area contributed by atoms with E-state index in [1.54, 1.807) is 18.2 Å². The Bertz CT molecular complexity index is 875. The highest BCUT2D eigenvalue weighted by atomic mass is 79.9. The van der Waals surface area contributed by atoms with Crippen molar-refractivity contribution in [2.45, 2.75) is 0 Å². The smallest absolute Gasteiger partial charge is 0.274 e. The van der Waals surface area contributed by atoms with Gasteiger partial charge in [0.05, 0.1) is 4.92 Å². The number of rotatable bonds is 3. The van der Waals surface area contributed by atoms with Gasteiger partial charge in [0.1, 0.15) is 17.2 Å². The third kappa shape index (κ3) is 3.15. The van der Waals surface area contributed by atoms with E-state index in [1.165, 1.54) is 18.2 Å². The average Bonchev–Trinajstić information content (AvgIpc) is 3.06. The molecule has 2 N–H and O–H groups in total. The lowest BCUT2D eigenvalue weighted by atomic mass is 10.1. The largest absolute Gasteiger partial charge is 0.457 e. The standard InChI is InChI=1S/C14H8BrN3O4S/c15-10-5-7(18(20)21)1-3-9(10)12-4-2-8(22-12)6-11-13(19)17-14(23)16-11/h1-6H,(H2,16,17,19,23)/b11-6-. The summed E-state index contributed by atoms with van der Waals surface area (Å²) >= 11 is 8.14. The minimum atomic E-state index is -0.472. The zero-order valence-electron chi connectivity index (χ0n) is 11.3. The summed E-state index contributed by atoms with van der Waals surface area (Å²) in [4.78, 5) is 21.9. The van der Waals surface area contributed by atoms with E-state index in [2.05, 4.69) is 26.6 Å². The van der Waals surface area contributed by atoms with Gasteiger partial charge in [-0.2, -0.15) is 0 Å². The Morgan fingerprint density at radius 3 is 2.65 bits per heavy atom. The van der Waals surface area contributed by atoms with E-state index in [4.69, 9.17) is 16.6 Å². The summed E-state index contributed by atoms with van der Waals surface area (Å²) < 4.78 is 6.20. The first-order chi connectivity index (χ1) is 10.9. The fourth-order valence-corrected chi connectivity index (χ4v) is 2.78. The molecule has 0 saturated carbocycles. The number of furan rings is 1. The first-order valence-electron chi connectivity index (χ1n) is 6.32. The fourth-order valence-electron chi connectivity index (χ4n) is 2.02. The van der Waals surface area contributed by atoms with Gasteiger partial charge in [0.15, 0.2) is 5.11 Å². The van der Waals surface area contributed by atoms with Crippen LogP contribution in [-0.2, 0) is 4.79 Å². The Morgan fingerprint density at radius 1 is 1.26 bits per heavy atom. The molecule has 1 aliphatic heterocycles. The number of nitrogens with zero attached hydrogens (tertiary/aromatic N) is 1. The van der Waals surface area contributed by atoms with E-state index in [9.17, 15) is 14.9 Å². The van der Waals surface area contributed by atoms with E-state index in [1.807, 2.05) is 0 Å². The highest BCUT2D eigenvalue weighted by molar-refractivity contribution is 9.10. The maximum absolute atomic E-state index is 11.6. The molecule has 1 aliphatic rings. The number of carbonyl (C=O) groups is 1. The van der Waals surface area contributed by atoms with Crippen LogP contribution in [0, 0.1) is 10.1 Å². The molecular weight excluding hydrogens is 386 g/mol. The molecule has 0 unspecified atom stereocenters. The summed E-state index contributed by atoms with van der Waals surface area (Å²) in [5, 5.41) is 16.2. The van der Waals surface area contributed by atoms with Gasteiger partial charge in [0, 0.05) is 28.2 Å². The van der Waals surface area contributed by atoms with Crippen molar-refractivity contribution in [3.8, 4) is 11.3 Å². The van der Waals surface area contributed by atoms with E-state index in [0.29, 0.717) is 27.3 Å². The molecule has 0 bridgehead atoms. The number of hydrogen-bond donors (Lipinski definition) is 2. The summed E-state index contributed by atoms with van der Waals surface area (Å²) in [7, 11) is 0. The molecular formula is C14H8BrN3O4S. The van der Waals surface area contributed by atoms with Crippen molar-refractivity contribution in [2.75, 3.05) is 0 Å². The molecule has 1 aromatic heterocycles. The van der Waals surface area contributed by atoms with E-state index in [0.717, 1.165) is 0 Å². The zero-order valence-corrected chi connectivity index (χ0v) is 13.7. The molecule has 1 fully saturated rings. The molecule has 116 valence electrons. The maximum Gasteiger partial charge on any atom is 0.274 e. The third-order valence-corrected chi connectivity index (χ3v) is 3.92. The van der Waals surface area contributed by atoms with Gasteiger partial charge in [-0.1, -0.05) is 0 Å². The van der Waals surface area contributed by atoms with Crippen molar-refractivity contribution in [3.63, 3.8) is 0 Å². The van der Waals surface area contributed by atoms with Crippen LogP contribution in [0.1, 0.15) is 5.76 Å². The number of nitro benzene ring substituents is 1. The van der Waals surface area contributed by atoms with Crippen molar-refractivity contribution >= 4 is 50.9 Å². The molecule has 9 heteroatoms. The van der Waals surface area contributed by atoms with Gasteiger partial charge in [-0.15, -0.1) is 0 Å². The van der Waals surface area contributed by atoms with Crippen LogP contribution in [0.4, 0.5) is 5.69 Å². The van der Waals surface area contributed by atoms with Crippen LogP contribution in [-0.4, -0.2) is 15.9 Å². The van der Waals surface area contributed by atoms with Crippen LogP contribution in [0.3, 0.4) is 0 Å². The summed E-state index contributed by atoms with van der Waals surface area (Å²) in [6.45, 7) is 0. The maximum atomic E-state index is 11.6. The average molecular weight is 394 g/mol. The molecule has 3 rings (SSSR count). The molecule has 23 heavy (non-hydrogen) atoms. The fraction of sp³-hybridized carbons (Fsp3) is 0. The van der Waals surface area contributed by atoms with Crippen molar-refractivity contribution in [1.29, 1.82) is 0 Å². The number of benzene rings is 1. The Kier molecular flexibility index (Phi) is 3.97. The molecule has 7 nitrogen and oxygen atoms in total.